The summed E-state index contributed by atoms with van der Waals surface area (Å²) < 4.78 is 1.96. The largest absolute Gasteiger partial charge is 0.378 e. The number of nitrogens with zero attached hydrogens (tertiary/aromatic N) is 3. The van der Waals surface area contributed by atoms with Crippen molar-refractivity contribution in [2.75, 3.05) is 59.4 Å². The van der Waals surface area contributed by atoms with Gasteiger partial charge in [0.2, 0.25) is 0 Å². The first-order valence-electron chi connectivity index (χ1n) is 13.6. The second-order valence-electron chi connectivity index (χ2n) is 10.2. The minimum atomic E-state index is 0.842. The average Bonchev–Trinajstić information content (AvgIpc) is 2.92. The van der Waals surface area contributed by atoms with Gasteiger partial charge in [-0.2, -0.15) is 0 Å². The predicted octanol–water partition coefficient (Wildman–Crippen LogP) is 6.96. The first-order valence-corrected chi connectivity index (χ1v) is 14.4. The Hall–Kier alpha value is -1.98. The molecule has 37 heavy (non-hydrogen) atoms. The van der Waals surface area contributed by atoms with Crippen molar-refractivity contribution >= 4 is 23.2 Å². The summed E-state index contributed by atoms with van der Waals surface area (Å²) in [4.78, 5) is 2.23. The molecule has 0 atom stereocenters. The molecule has 0 aliphatic carbocycles. The van der Waals surface area contributed by atoms with Crippen LogP contribution in [-0.4, -0.2) is 73.3 Å². The quantitative estimate of drug-likeness (QED) is 0.170. The maximum Gasteiger partial charge on any atom is 0.106 e. The highest BCUT2D eigenvalue weighted by Gasteiger charge is 2.27. The van der Waals surface area contributed by atoms with E-state index in [0.29, 0.717) is 0 Å². The van der Waals surface area contributed by atoms with Gasteiger partial charge in [-0.15, -0.1) is 0 Å². The van der Waals surface area contributed by atoms with Crippen molar-refractivity contribution in [3.8, 4) is 0 Å². The number of hydrogen-bond donors (Lipinski definition) is 1. The lowest BCUT2D eigenvalue weighted by Gasteiger charge is -2.39. The van der Waals surface area contributed by atoms with E-state index in [1.54, 1.807) is 0 Å². The van der Waals surface area contributed by atoms with Crippen molar-refractivity contribution in [3.63, 3.8) is 0 Å². The minimum Gasteiger partial charge on any atom is -0.378 e. The maximum atomic E-state index is 6.49. The lowest BCUT2D eigenvalue weighted by Crippen LogP contribution is -2.51. The standard InChI is InChI=1S/C31H48Cl2N4/c1-8-36(9-2,24-28-16-12-14-18-30(28)32)22-20-34-26(5)27(6)35(7)21-23-37(10-3,11-4)25-29-17-13-15-19-31(29)33/h12-19,34H,5-6,8-11,20-25H2,1-4,7H3/q+2. The molecule has 0 heterocycles. The Kier molecular flexibility index (Phi) is 12.5. The highest BCUT2D eigenvalue weighted by molar-refractivity contribution is 6.31. The number of nitrogens with one attached hydrogen (secondary N) is 1. The van der Waals surface area contributed by atoms with Gasteiger partial charge in [-0.25, -0.2) is 0 Å². The third kappa shape index (κ3) is 8.78. The SMILES string of the molecule is C=C(NCC[N+](CC)(CC)Cc1ccccc1Cl)C(=C)N(C)CC[N+](CC)(CC)Cc1ccccc1Cl. The summed E-state index contributed by atoms with van der Waals surface area (Å²) in [6, 6.07) is 16.4. The molecule has 4 nitrogen and oxygen atoms in total. The van der Waals surface area contributed by atoms with Crippen LogP contribution in [0.4, 0.5) is 0 Å². The first-order chi connectivity index (χ1) is 17.6. The molecule has 0 aliphatic rings. The van der Waals surface area contributed by atoms with Crippen molar-refractivity contribution in [3.05, 3.63) is 94.3 Å². The van der Waals surface area contributed by atoms with Crippen LogP contribution in [0.5, 0.6) is 0 Å². The maximum absolute atomic E-state index is 6.49. The van der Waals surface area contributed by atoms with Crippen molar-refractivity contribution in [1.29, 1.82) is 0 Å². The van der Waals surface area contributed by atoms with E-state index >= 15 is 0 Å². The fourth-order valence-electron chi connectivity index (χ4n) is 4.93. The van der Waals surface area contributed by atoms with Gasteiger partial charge in [0.15, 0.2) is 0 Å². The highest BCUT2D eigenvalue weighted by Crippen LogP contribution is 2.23. The van der Waals surface area contributed by atoms with Gasteiger partial charge < -0.3 is 19.2 Å². The molecule has 2 aromatic rings. The third-order valence-corrected chi connectivity index (χ3v) is 8.99. The molecule has 1 N–H and O–H groups in total. The lowest BCUT2D eigenvalue weighted by atomic mass is 10.1. The smallest absolute Gasteiger partial charge is 0.106 e. The first kappa shape index (κ1) is 31.2. The molecule has 0 fully saturated rings. The van der Waals surface area contributed by atoms with E-state index in [0.717, 1.165) is 95.9 Å². The number of benzene rings is 2. The number of quaternary nitrogens is 2. The molecule has 0 unspecified atom stereocenters. The molecule has 0 spiro atoms. The highest BCUT2D eigenvalue weighted by atomic mass is 35.5. The molecule has 0 saturated heterocycles. The van der Waals surface area contributed by atoms with Gasteiger partial charge in [-0.1, -0.05) is 72.8 Å². The second-order valence-corrected chi connectivity index (χ2v) is 11.0. The van der Waals surface area contributed by atoms with E-state index in [2.05, 4.69) is 82.4 Å². The molecule has 0 aromatic heterocycles. The molecular formula is C31H48Cl2N4+2. The Morgan fingerprint density at radius 2 is 1.19 bits per heavy atom. The van der Waals surface area contributed by atoms with Crippen LogP contribution >= 0.6 is 23.2 Å². The molecular weight excluding hydrogens is 499 g/mol. The van der Waals surface area contributed by atoms with E-state index < -0.39 is 0 Å². The van der Waals surface area contributed by atoms with Crippen LogP contribution in [-0.2, 0) is 13.1 Å². The molecule has 2 aromatic carbocycles. The lowest BCUT2D eigenvalue weighted by molar-refractivity contribution is -0.937. The van der Waals surface area contributed by atoms with Crippen molar-refractivity contribution in [2.45, 2.75) is 40.8 Å². The number of rotatable bonds is 17. The summed E-state index contributed by atoms with van der Waals surface area (Å²) in [5.41, 5.74) is 4.26. The summed E-state index contributed by atoms with van der Waals surface area (Å²) in [5.74, 6) is 0. The molecule has 6 heteroatoms. The third-order valence-electron chi connectivity index (χ3n) is 8.25. The number of likely N-dealkylation sites (N-methyl/N-ethyl adjacent to an activating group) is 3. The minimum absolute atomic E-state index is 0.842. The number of halogens is 2. The fourth-order valence-corrected chi connectivity index (χ4v) is 5.33. The zero-order valence-corrected chi connectivity index (χ0v) is 25.2. The van der Waals surface area contributed by atoms with Crippen LogP contribution in [0, 0.1) is 0 Å². The van der Waals surface area contributed by atoms with Gasteiger partial charge in [-0.05, 0) is 39.8 Å². The number of hydrogen-bond acceptors (Lipinski definition) is 2. The van der Waals surface area contributed by atoms with Crippen LogP contribution < -0.4 is 5.32 Å². The molecule has 0 bridgehead atoms. The normalized spacial score (nSPS) is 11.9. The summed E-state index contributed by atoms with van der Waals surface area (Å²) in [6.45, 7) is 27.6. The fraction of sp³-hybridized carbons (Fsp3) is 0.484. The predicted molar refractivity (Wildman–Crippen MR) is 162 cm³/mol. The Morgan fingerprint density at radius 3 is 1.62 bits per heavy atom. The topological polar surface area (TPSA) is 15.3 Å². The van der Waals surface area contributed by atoms with Gasteiger partial charge in [-0.3, -0.25) is 0 Å². The Bertz CT molecular complexity index is 1010. The van der Waals surface area contributed by atoms with Crippen LogP contribution in [0.1, 0.15) is 38.8 Å². The van der Waals surface area contributed by atoms with Gasteiger partial charge >= 0.3 is 0 Å². The van der Waals surface area contributed by atoms with Crippen LogP contribution in [0.2, 0.25) is 10.0 Å². The zero-order valence-electron chi connectivity index (χ0n) is 23.7. The van der Waals surface area contributed by atoms with Gasteiger partial charge in [0.1, 0.15) is 13.1 Å². The van der Waals surface area contributed by atoms with Crippen LogP contribution in [0.3, 0.4) is 0 Å². The van der Waals surface area contributed by atoms with Crippen LogP contribution in [0.15, 0.2) is 73.1 Å². The van der Waals surface area contributed by atoms with Crippen LogP contribution in [0.25, 0.3) is 0 Å². The van der Waals surface area contributed by atoms with E-state index in [1.165, 1.54) is 11.1 Å². The van der Waals surface area contributed by atoms with E-state index in [1.807, 2.05) is 24.3 Å². The summed E-state index contributed by atoms with van der Waals surface area (Å²) in [5, 5.41) is 5.25. The Balaban J connectivity index is 1.93. The molecule has 204 valence electrons. The molecule has 0 amide bonds. The van der Waals surface area contributed by atoms with Gasteiger partial charge in [0.25, 0.3) is 0 Å². The summed E-state index contributed by atoms with van der Waals surface area (Å²) >= 11 is 13.0. The summed E-state index contributed by atoms with van der Waals surface area (Å²) in [7, 11) is 2.11. The van der Waals surface area contributed by atoms with Crippen molar-refractivity contribution in [2.24, 2.45) is 0 Å². The Labute approximate surface area is 236 Å². The van der Waals surface area contributed by atoms with Crippen molar-refractivity contribution in [1.82, 2.24) is 10.2 Å². The Morgan fingerprint density at radius 1 is 0.757 bits per heavy atom. The molecule has 0 aliphatic heterocycles. The van der Waals surface area contributed by atoms with Gasteiger partial charge in [0.05, 0.1) is 63.8 Å². The van der Waals surface area contributed by atoms with E-state index in [-0.39, 0.29) is 0 Å². The molecule has 0 radical (unpaired) electrons. The van der Waals surface area contributed by atoms with E-state index in [4.69, 9.17) is 23.2 Å². The summed E-state index contributed by atoms with van der Waals surface area (Å²) in [6.07, 6.45) is 0. The molecule has 0 saturated carbocycles. The zero-order chi connectivity index (χ0) is 27.5. The van der Waals surface area contributed by atoms with E-state index in [9.17, 15) is 0 Å². The average molecular weight is 548 g/mol. The van der Waals surface area contributed by atoms with Gasteiger partial charge in [0, 0.05) is 28.2 Å². The van der Waals surface area contributed by atoms with Crippen molar-refractivity contribution < 1.29 is 8.97 Å². The monoisotopic (exact) mass is 546 g/mol. The second kappa shape index (κ2) is 14.8. The molecule has 2 rings (SSSR count).